The summed E-state index contributed by atoms with van der Waals surface area (Å²) in [7, 11) is 1.98. The van der Waals surface area contributed by atoms with Gasteiger partial charge >= 0.3 is 0 Å². The summed E-state index contributed by atoms with van der Waals surface area (Å²) in [5, 5.41) is 6.35. The molecule has 1 aliphatic heterocycles. The molecule has 0 fully saturated rings. The molecule has 2 nitrogen and oxygen atoms in total. The Morgan fingerprint density at radius 3 is 2.56 bits per heavy atom. The Balaban J connectivity index is 2.96. The monoisotopic (exact) mass is 286 g/mol. The Morgan fingerprint density at radius 1 is 1.44 bits per heavy atom. The van der Waals surface area contributed by atoms with E-state index in [0.717, 1.165) is 6.42 Å². The molecule has 2 unspecified atom stereocenters. The lowest BCUT2D eigenvalue weighted by molar-refractivity contribution is 0.226. The molecule has 0 saturated heterocycles. The molecule has 0 saturated carbocycles. The van der Waals surface area contributed by atoms with Crippen molar-refractivity contribution >= 4 is 22.1 Å². The van der Waals surface area contributed by atoms with Crippen LogP contribution in [0.25, 0.3) is 0 Å². The fourth-order valence-electron chi connectivity index (χ4n) is 2.18. The quantitative estimate of drug-likeness (QED) is 0.668. The topological polar surface area (TPSA) is 15.6 Å². The van der Waals surface area contributed by atoms with Crippen molar-refractivity contribution in [2.45, 2.75) is 38.9 Å². The highest BCUT2D eigenvalue weighted by Crippen LogP contribution is 2.37. The van der Waals surface area contributed by atoms with Gasteiger partial charge < -0.3 is 0 Å². The first-order chi connectivity index (χ1) is 7.32. The van der Waals surface area contributed by atoms with Crippen LogP contribution in [0.15, 0.2) is 17.4 Å². The highest BCUT2D eigenvalue weighted by Gasteiger charge is 2.33. The maximum Gasteiger partial charge on any atom is 0.0296 e. The van der Waals surface area contributed by atoms with Crippen molar-refractivity contribution < 1.29 is 0 Å². The predicted molar refractivity (Wildman–Crippen MR) is 74.8 cm³/mol. The van der Waals surface area contributed by atoms with Crippen LogP contribution < -0.4 is 0 Å². The Labute approximate surface area is 108 Å². The summed E-state index contributed by atoms with van der Waals surface area (Å²) in [5.41, 5.74) is 0.252. The van der Waals surface area contributed by atoms with E-state index in [9.17, 15) is 0 Å². The molecule has 0 aromatic heterocycles. The number of allylic oxidation sites excluding steroid dienone is 1. The van der Waals surface area contributed by atoms with Crippen LogP contribution in [0.3, 0.4) is 0 Å². The van der Waals surface area contributed by atoms with E-state index in [4.69, 9.17) is 0 Å². The summed E-state index contributed by atoms with van der Waals surface area (Å²) in [6, 6.07) is 0. The summed E-state index contributed by atoms with van der Waals surface area (Å²) >= 11 is 3.73. The summed E-state index contributed by atoms with van der Waals surface area (Å²) in [6.45, 7) is 9.10. The number of nitrogens with zero attached hydrogens (tertiary/aromatic N) is 2. The summed E-state index contributed by atoms with van der Waals surface area (Å²) in [5.74, 6) is 1.10. The molecule has 0 aromatic carbocycles. The van der Waals surface area contributed by atoms with Gasteiger partial charge in [-0.25, -0.2) is 0 Å². The van der Waals surface area contributed by atoms with Crippen molar-refractivity contribution in [1.82, 2.24) is 5.01 Å². The summed E-state index contributed by atoms with van der Waals surface area (Å²) < 4.78 is 0. The van der Waals surface area contributed by atoms with Gasteiger partial charge in [0.05, 0.1) is 0 Å². The molecule has 1 heterocycles. The van der Waals surface area contributed by atoms with Gasteiger partial charge in [0.2, 0.25) is 0 Å². The van der Waals surface area contributed by atoms with Crippen molar-refractivity contribution in [3.05, 3.63) is 12.3 Å². The van der Waals surface area contributed by atoms with Gasteiger partial charge in [0.1, 0.15) is 0 Å². The molecule has 0 aromatic rings. The molecule has 0 radical (unpaired) electrons. The Hall–Kier alpha value is -0.310. The van der Waals surface area contributed by atoms with E-state index in [0.29, 0.717) is 16.7 Å². The maximum absolute atomic E-state index is 4.46. The maximum atomic E-state index is 4.46. The molecule has 0 aliphatic carbocycles. The van der Waals surface area contributed by atoms with Crippen LogP contribution >= 0.6 is 15.9 Å². The lowest BCUT2D eigenvalue weighted by Gasteiger charge is -2.36. The number of hydrazone groups is 1. The average Bonchev–Trinajstić information content (AvgIpc) is 2.08. The zero-order chi connectivity index (χ0) is 12.3. The number of alkyl halides is 1. The molecule has 0 spiro atoms. The second-order valence-electron chi connectivity index (χ2n) is 5.69. The summed E-state index contributed by atoms with van der Waals surface area (Å²) in [6.07, 6.45) is 7.48. The van der Waals surface area contributed by atoms with Crippen LogP contribution in [0, 0.1) is 17.3 Å². The average molecular weight is 287 g/mol. The molecule has 0 amide bonds. The molecule has 1 aliphatic rings. The lowest BCUT2D eigenvalue weighted by Crippen LogP contribution is -2.34. The Kier molecular flexibility index (Phi) is 4.60. The van der Waals surface area contributed by atoms with E-state index in [1.165, 1.54) is 0 Å². The summed E-state index contributed by atoms with van der Waals surface area (Å²) in [4.78, 5) is 0.510. The van der Waals surface area contributed by atoms with Crippen LogP contribution in [-0.4, -0.2) is 23.1 Å². The highest BCUT2D eigenvalue weighted by atomic mass is 79.9. The number of hydrogen-bond donors (Lipinski definition) is 0. The van der Waals surface area contributed by atoms with Crippen LogP contribution in [0.5, 0.6) is 0 Å². The fraction of sp³-hybridized carbons (Fsp3) is 0.769. The van der Waals surface area contributed by atoms with Crippen LogP contribution in [0.4, 0.5) is 0 Å². The molecule has 3 heteroatoms. The number of hydrogen-bond acceptors (Lipinski definition) is 2. The molecule has 16 heavy (non-hydrogen) atoms. The fourth-order valence-corrected chi connectivity index (χ4v) is 2.73. The van der Waals surface area contributed by atoms with Crippen LogP contribution in [0.2, 0.25) is 0 Å². The van der Waals surface area contributed by atoms with Gasteiger partial charge in [-0.1, -0.05) is 49.7 Å². The third-order valence-corrected chi connectivity index (χ3v) is 3.87. The SMILES string of the molecule is C[C@H](Br)C1C/C=C\N(C)/N=C\C1C(C)(C)C. The van der Waals surface area contributed by atoms with Crippen molar-refractivity contribution in [3.63, 3.8) is 0 Å². The van der Waals surface area contributed by atoms with E-state index in [2.05, 4.69) is 61.0 Å². The molecular formula is C13H23BrN2. The second-order valence-corrected chi connectivity index (χ2v) is 7.14. The zero-order valence-electron chi connectivity index (χ0n) is 10.9. The Bertz CT molecular complexity index is 276. The van der Waals surface area contributed by atoms with Crippen LogP contribution in [0.1, 0.15) is 34.1 Å². The molecule has 92 valence electrons. The van der Waals surface area contributed by atoms with Gasteiger partial charge in [0.25, 0.3) is 0 Å². The largest absolute Gasteiger partial charge is 0.277 e. The predicted octanol–water partition coefficient (Wildman–Crippen LogP) is 3.88. The second kappa shape index (κ2) is 5.35. The Morgan fingerprint density at radius 2 is 2.06 bits per heavy atom. The minimum Gasteiger partial charge on any atom is -0.277 e. The standard InChI is InChI=1S/C13H23BrN2/c1-10(14)11-7-6-8-16(5)15-9-12(11)13(2,3)4/h6,8-12H,7H2,1-5H3/b8-6-,15-9-/t10-,11?,12?/m0/s1. The smallest absolute Gasteiger partial charge is 0.0296 e. The van der Waals surface area contributed by atoms with Gasteiger partial charge in [-0.2, -0.15) is 5.10 Å². The third-order valence-electron chi connectivity index (χ3n) is 3.19. The minimum atomic E-state index is 0.252. The van der Waals surface area contributed by atoms with E-state index in [1.54, 1.807) is 0 Å². The first kappa shape index (κ1) is 13.8. The lowest BCUT2D eigenvalue weighted by atomic mass is 9.71. The van der Waals surface area contributed by atoms with E-state index < -0.39 is 0 Å². The van der Waals surface area contributed by atoms with Gasteiger partial charge in [0.15, 0.2) is 0 Å². The molecular weight excluding hydrogens is 264 g/mol. The zero-order valence-corrected chi connectivity index (χ0v) is 12.5. The van der Waals surface area contributed by atoms with Crippen molar-refractivity contribution in [2.24, 2.45) is 22.4 Å². The van der Waals surface area contributed by atoms with Crippen molar-refractivity contribution in [3.8, 4) is 0 Å². The van der Waals surface area contributed by atoms with Gasteiger partial charge in [-0.3, -0.25) is 5.01 Å². The third kappa shape index (κ3) is 3.62. The first-order valence-electron chi connectivity index (χ1n) is 5.90. The van der Waals surface area contributed by atoms with Crippen molar-refractivity contribution in [2.75, 3.05) is 7.05 Å². The van der Waals surface area contributed by atoms with Crippen molar-refractivity contribution in [1.29, 1.82) is 0 Å². The number of halogens is 1. The highest BCUT2D eigenvalue weighted by molar-refractivity contribution is 9.09. The van der Waals surface area contributed by atoms with E-state index in [-0.39, 0.29) is 5.41 Å². The van der Waals surface area contributed by atoms with Crippen LogP contribution in [-0.2, 0) is 0 Å². The normalized spacial score (nSPS) is 32.8. The molecule has 0 bridgehead atoms. The van der Waals surface area contributed by atoms with E-state index in [1.807, 2.05) is 18.3 Å². The molecule has 1 rings (SSSR count). The minimum absolute atomic E-state index is 0.252. The number of rotatable bonds is 1. The first-order valence-corrected chi connectivity index (χ1v) is 6.81. The molecule has 0 N–H and O–H groups in total. The van der Waals surface area contributed by atoms with E-state index >= 15 is 0 Å². The molecule has 3 atom stereocenters. The van der Waals surface area contributed by atoms with Gasteiger partial charge in [-0.15, -0.1) is 0 Å². The van der Waals surface area contributed by atoms with Gasteiger partial charge in [0, 0.05) is 30.2 Å². The van der Waals surface area contributed by atoms with Gasteiger partial charge in [-0.05, 0) is 17.8 Å².